The predicted molar refractivity (Wildman–Crippen MR) is 60.0 cm³/mol. The van der Waals surface area contributed by atoms with E-state index in [0.717, 1.165) is 0 Å². The fourth-order valence-electron chi connectivity index (χ4n) is 1.81. The van der Waals surface area contributed by atoms with Gasteiger partial charge in [0.1, 0.15) is 6.04 Å². The fraction of sp³-hybridized carbons (Fsp3) is 0.727. The molecule has 3 N–H and O–H groups in total. The van der Waals surface area contributed by atoms with E-state index in [1.54, 1.807) is 0 Å². The number of carboxylic acids is 2. The van der Waals surface area contributed by atoms with Crippen LogP contribution in [-0.2, 0) is 19.1 Å². The van der Waals surface area contributed by atoms with Crippen molar-refractivity contribution >= 4 is 17.8 Å². The third-order valence-electron chi connectivity index (χ3n) is 2.83. The second kappa shape index (κ2) is 6.34. The molecule has 1 aliphatic heterocycles. The molecule has 1 amide bonds. The number of aliphatic carboxylic acids is 2. The molecule has 0 spiro atoms. The summed E-state index contributed by atoms with van der Waals surface area (Å²) in [5, 5.41) is 19.7. The molecule has 0 radical (unpaired) electrons. The number of ether oxygens (including phenoxy) is 1. The van der Waals surface area contributed by atoms with Crippen molar-refractivity contribution in [3.8, 4) is 0 Å². The summed E-state index contributed by atoms with van der Waals surface area (Å²) >= 11 is 0. The highest BCUT2D eigenvalue weighted by Gasteiger charge is 2.31. The minimum absolute atomic E-state index is 0.0111. The Bertz CT molecular complexity index is 342. The number of carbonyl (C=O) groups is 3. The van der Waals surface area contributed by atoms with E-state index in [1.807, 2.05) is 6.92 Å². The molecule has 102 valence electrons. The fourth-order valence-corrected chi connectivity index (χ4v) is 1.81. The van der Waals surface area contributed by atoms with Gasteiger partial charge >= 0.3 is 11.9 Å². The molecule has 3 atom stereocenters. The summed E-state index contributed by atoms with van der Waals surface area (Å²) in [6, 6.07) is -1.16. The van der Waals surface area contributed by atoms with Gasteiger partial charge in [-0.05, 0) is 19.8 Å². The van der Waals surface area contributed by atoms with Crippen LogP contribution >= 0.6 is 0 Å². The van der Waals surface area contributed by atoms with Crippen LogP contribution in [0.25, 0.3) is 0 Å². The van der Waals surface area contributed by atoms with E-state index >= 15 is 0 Å². The molecule has 0 aromatic heterocycles. The van der Waals surface area contributed by atoms with Gasteiger partial charge in [0, 0.05) is 6.42 Å². The highest BCUT2D eigenvalue weighted by atomic mass is 16.5. The van der Waals surface area contributed by atoms with Crippen LogP contribution in [0.3, 0.4) is 0 Å². The quantitative estimate of drug-likeness (QED) is 0.611. The highest BCUT2D eigenvalue weighted by molar-refractivity contribution is 5.85. The first-order chi connectivity index (χ1) is 8.40. The lowest BCUT2D eigenvalue weighted by Gasteiger charge is -2.15. The largest absolute Gasteiger partial charge is 0.481 e. The Morgan fingerprint density at radius 3 is 2.50 bits per heavy atom. The number of amides is 1. The van der Waals surface area contributed by atoms with Crippen LogP contribution in [0.15, 0.2) is 0 Å². The van der Waals surface area contributed by atoms with Crippen LogP contribution in [0.2, 0.25) is 0 Å². The second-order valence-electron chi connectivity index (χ2n) is 4.41. The zero-order valence-electron chi connectivity index (χ0n) is 10.1. The van der Waals surface area contributed by atoms with Crippen molar-refractivity contribution in [2.24, 2.45) is 5.92 Å². The topological polar surface area (TPSA) is 113 Å². The lowest BCUT2D eigenvalue weighted by molar-refractivity contribution is -0.143. The molecule has 1 fully saturated rings. The maximum absolute atomic E-state index is 11.7. The number of nitrogens with one attached hydrogen (secondary N) is 1. The average molecular weight is 259 g/mol. The maximum Gasteiger partial charge on any atom is 0.326 e. The minimum atomic E-state index is -1.23. The van der Waals surface area contributed by atoms with Gasteiger partial charge in [-0.25, -0.2) is 4.79 Å². The summed E-state index contributed by atoms with van der Waals surface area (Å²) in [6.45, 7) is 2.12. The molecular formula is C11H17NO6. The molecule has 3 unspecified atom stereocenters. The molecular weight excluding hydrogens is 242 g/mol. The molecule has 0 aliphatic carbocycles. The normalized spacial score (nSPS) is 24.5. The summed E-state index contributed by atoms with van der Waals surface area (Å²) in [4.78, 5) is 33.0. The van der Waals surface area contributed by atoms with Crippen molar-refractivity contribution < 1.29 is 29.3 Å². The Kier molecular flexibility index (Phi) is 5.08. The number of hydrogen-bond donors (Lipinski definition) is 3. The Balaban J connectivity index is 2.47. The van der Waals surface area contributed by atoms with Gasteiger partial charge in [0.2, 0.25) is 5.91 Å². The second-order valence-corrected chi connectivity index (χ2v) is 4.41. The van der Waals surface area contributed by atoms with E-state index in [0.29, 0.717) is 6.42 Å². The van der Waals surface area contributed by atoms with Crippen molar-refractivity contribution in [3.63, 3.8) is 0 Å². The van der Waals surface area contributed by atoms with Gasteiger partial charge in [-0.15, -0.1) is 0 Å². The smallest absolute Gasteiger partial charge is 0.326 e. The molecule has 7 nitrogen and oxygen atoms in total. The molecule has 0 aromatic carbocycles. The molecule has 1 saturated heterocycles. The van der Waals surface area contributed by atoms with Gasteiger partial charge in [0.25, 0.3) is 0 Å². The van der Waals surface area contributed by atoms with E-state index in [-0.39, 0.29) is 31.5 Å². The van der Waals surface area contributed by atoms with Crippen LogP contribution in [0.4, 0.5) is 0 Å². The summed E-state index contributed by atoms with van der Waals surface area (Å²) in [7, 11) is 0. The molecule has 0 bridgehead atoms. The highest BCUT2D eigenvalue weighted by Crippen LogP contribution is 2.19. The minimum Gasteiger partial charge on any atom is -0.481 e. The first-order valence-corrected chi connectivity index (χ1v) is 5.76. The van der Waals surface area contributed by atoms with Crippen molar-refractivity contribution in [3.05, 3.63) is 0 Å². The molecule has 0 saturated carbocycles. The van der Waals surface area contributed by atoms with Crippen LogP contribution in [-0.4, -0.2) is 46.8 Å². The molecule has 1 heterocycles. The van der Waals surface area contributed by atoms with Crippen LogP contribution in [0.5, 0.6) is 0 Å². The first kappa shape index (κ1) is 14.4. The standard InChI is InChI=1S/C11H17NO6/c1-6-4-7(5-18-6)10(15)12-8(11(16)17)2-3-9(13)14/h6-8H,2-5H2,1H3,(H,12,15)(H,13,14)(H,16,17). The van der Waals surface area contributed by atoms with Gasteiger partial charge in [-0.1, -0.05) is 0 Å². The molecule has 0 aromatic rings. The first-order valence-electron chi connectivity index (χ1n) is 5.76. The van der Waals surface area contributed by atoms with Gasteiger partial charge < -0.3 is 20.3 Å². The SMILES string of the molecule is CC1CC(C(=O)NC(CCC(=O)O)C(=O)O)CO1. The van der Waals surface area contributed by atoms with E-state index in [9.17, 15) is 14.4 Å². The molecule has 1 rings (SSSR count). The summed E-state index contributed by atoms with van der Waals surface area (Å²) in [5.74, 6) is -3.06. The average Bonchev–Trinajstić information content (AvgIpc) is 2.70. The van der Waals surface area contributed by atoms with E-state index < -0.39 is 23.9 Å². The number of hydrogen-bond acceptors (Lipinski definition) is 4. The van der Waals surface area contributed by atoms with E-state index in [2.05, 4.69) is 5.32 Å². The van der Waals surface area contributed by atoms with Crippen LogP contribution in [0.1, 0.15) is 26.2 Å². The maximum atomic E-state index is 11.7. The lowest BCUT2D eigenvalue weighted by atomic mass is 10.0. The third-order valence-corrected chi connectivity index (χ3v) is 2.83. The Labute approximate surface area is 104 Å². The molecule has 1 aliphatic rings. The van der Waals surface area contributed by atoms with Gasteiger partial charge in [0.05, 0.1) is 18.6 Å². The van der Waals surface area contributed by atoms with Crippen molar-refractivity contribution in [1.82, 2.24) is 5.32 Å². The van der Waals surface area contributed by atoms with Gasteiger partial charge in [0.15, 0.2) is 0 Å². The lowest BCUT2D eigenvalue weighted by Crippen LogP contribution is -2.44. The van der Waals surface area contributed by atoms with Gasteiger partial charge in [-0.3, -0.25) is 9.59 Å². The molecule has 7 heteroatoms. The number of rotatable bonds is 6. The van der Waals surface area contributed by atoms with Gasteiger partial charge in [-0.2, -0.15) is 0 Å². The van der Waals surface area contributed by atoms with Crippen LogP contribution < -0.4 is 5.32 Å². The third kappa shape index (κ3) is 4.33. The van der Waals surface area contributed by atoms with Crippen molar-refractivity contribution in [1.29, 1.82) is 0 Å². The molecule has 18 heavy (non-hydrogen) atoms. The predicted octanol–water partition coefficient (Wildman–Crippen LogP) is -0.154. The summed E-state index contributed by atoms with van der Waals surface area (Å²) in [5.41, 5.74) is 0. The van der Waals surface area contributed by atoms with E-state index in [1.165, 1.54) is 0 Å². The van der Waals surface area contributed by atoms with Crippen LogP contribution in [0, 0.1) is 5.92 Å². The summed E-state index contributed by atoms with van der Waals surface area (Å²) < 4.78 is 5.22. The van der Waals surface area contributed by atoms with Crippen molar-refractivity contribution in [2.45, 2.75) is 38.3 Å². The Morgan fingerprint density at radius 1 is 1.39 bits per heavy atom. The summed E-state index contributed by atoms with van der Waals surface area (Å²) in [6.07, 6.45) is 0.119. The Hall–Kier alpha value is -1.63. The zero-order chi connectivity index (χ0) is 13.7. The monoisotopic (exact) mass is 259 g/mol. The van der Waals surface area contributed by atoms with E-state index in [4.69, 9.17) is 14.9 Å². The number of carbonyl (C=O) groups excluding carboxylic acids is 1. The Morgan fingerprint density at radius 2 is 2.06 bits per heavy atom. The van der Waals surface area contributed by atoms with Crippen molar-refractivity contribution in [2.75, 3.05) is 6.61 Å². The number of carboxylic acid groups (broad SMARTS) is 2. The zero-order valence-corrected chi connectivity index (χ0v) is 10.1.